The van der Waals surface area contributed by atoms with Gasteiger partial charge < -0.3 is 28.8 Å². The standard InChI is InChI=1S/C26H31N3O6/c1-32-20-7-6-8-21-24(20)18-14-28(13-16(18)15-35-21)9-4-5-10-29-25(30)17-11-22(33-2)23(34-3)12-19(17)27-26(29)31/h6-8,11-12,16,18H,4-5,9-10,13-15H2,1-3H3,(H,27,31)/t16-,18-/m1/s1. The predicted molar refractivity (Wildman–Crippen MR) is 132 cm³/mol. The molecule has 0 saturated carbocycles. The zero-order chi connectivity index (χ0) is 24.5. The Morgan fingerprint density at radius 2 is 1.71 bits per heavy atom. The fraction of sp³-hybridized carbons (Fsp3) is 0.462. The first-order chi connectivity index (χ1) is 17.0. The lowest BCUT2D eigenvalue weighted by Crippen LogP contribution is -2.35. The van der Waals surface area contributed by atoms with E-state index in [9.17, 15) is 9.59 Å². The van der Waals surface area contributed by atoms with E-state index in [-0.39, 0.29) is 5.56 Å². The first kappa shape index (κ1) is 23.3. The molecule has 2 atom stereocenters. The Hall–Kier alpha value is -3.46. The number of aromatic nitrogens is 2. The van der Waals surface area contributed by atoms with Crippen LogP contribution in [0.4, 0.5) is 0 Å². The number of aromatic amines is 1. The van der Waals surface area contributed by atoms with Gasteiger partial charge in [0, 0.05) is 43.1 Å². The maximum Gasteiger partial charge on any atom is 0.328 e. The van der Waals surface area contributed by atoms with Crippen molar-refractivity contribution >= 4 is 10.9 Å². The average molecular weight is 482 g/mol. The van der Waals surface area contributed by atoms with Gasteiger partial charge in [-0.1, -0.05) is 6.07 Å². The van der Waals surface area contributed by atoms with E-state index in [0.717, 1.165) is 50.6 Å². The molecule has 3 heterocycles. The summed E-state index contributed by atoms with van der Waals surface area (Å²) in [5.74, 6) is 3.57. The fourth-order valence-corrected chi connectivity index (χ4v) is 5.42. The molecule has 0 bridgehead atoms. The van der Waals surface area contributed by atoms with Crippen molar-refractivity contribution in [2.45, 2.75) is 25.3 Å². The lowest BCUT2D eigenvalue weighted by atomic mass is 9.86. The Morgan fingerprint density at radius 3 is 2.49 bits per heavy atom. The summed E-state index contributed by atoms with van der Waals surface area (Å²) < 4.78 is 23.5. The van der Waals surface area contributed by atoms with Crippen LogP contribution in [0.3, 0.4) is 0 Å². The van der Waals surface area contributed by atoms with Crippen LogP contribution in [-0.4, -0.2) is 62.0 Å². The van der Waals surface area contributed by atoms with Crippen LogP contribution < -0.4 is 30.2 Å². The van der Waals surface area contributed by atoms with Crippen molar-refractivity contribution in [2.75, 3.05) is 47.6 Å². The average Bonchev–Trinajstić information content (AvgIpc) is 3.30. The molecule has 2 aromatic carbocycles. The minimum absolute atomic E-state index is 0.322. The molecule has 1 aromatic heterocycles. The molecule has 2 aliphatic rings. The Bertz CT molecular complexity index is 1330. The molecule has 0 unspecified atom stereocenters. The van der Waals surface area contributed by atoms with Gasteiger partial charge in [0.2, 0.25) is 0 Å². The lowest BCUT2D eigenvalue weighted by Gasteiger charge is -2.29. The van der Waals surface area contributed by atoms with Crippen molar-refractivity contribution in [3.8, 4) is 23.0 Å². The minimum atomic E-state index is -0.414. The number of likely N-dealkylation sites (tertiary alicyclic amines) is 1. The van der Waals surface area contributed by atoms with Crippen LogP contribution >= 0.6 is 0 Å². The molecule has 1 fully saturated rings. The number of H-pyrrole nitrogens is 1. The third-order valence-corrected chi connectivity index (χ3v) is 7.18. The second-order valence-electron chi connectivity index (χ2n) is 9.16. The number of benzene rings is 2. The zero-order valence-corrected chi connectivity index (χ0v) is 20.3. The van der Waals surface area contributed by atoms with Crippen LogP contribution in [0, 0.1) is 5.92 Å². The van der Waals surface area contributed by atoms with Crippen molar-refractivity contribution in [3.63, 3.8) is 0 Å². The highest BCUT2D eigenvalue weighted by Gasteiger charge is 2.40. The van der Waals surface area contributed by atoms with Gasteiger partial charge in [0.15, 0.2) is 11.5 Å². The third kappa shape index (κ3) is 4.25. The Balaban J connectivity index is 1.24. The van der Waals surface area contributed by atoms with Gasteiger partial charge in [-0.3, -0.25) is 9.36 Å². The van der Waals surface area contributed by atoms with E-state index in [1.165, 1.54) is 24.4 Å². The molecule has 9 heteroatoms. The van der Waals surface area contributed by atoms with Crippen molar-refractivity contribution in [2.24, 2.45) is 5.92 Å². The van der Waals surface area contributed by atoms with Gasteiger partial charge in [-0.25, -0.2) is 4.79 Å². The van der Waals surface area contributed by atoms with Crippen LogP contribution in [0.25, 0.3) is 10.9 Å². The Morgan fingerprint density at radius 1 is 0.971 bits per heavy atom. The number of ether oxygens (including phenoxy) is 4. The van der Waals surface area contributed by atoms with Crippen LogP contribution in [-0.2, 0) is 6.54 Å². The number of hydrogen-bond donors (Lipinski definition) is 1. The van der Waals surface area contributed by atoms with Gasteiger partial charge in [-0.15, -0.1) is 0 Å². The van der Waals surface area contributed by atoms with Crippen molar-refractivity contribution in [1.82, 2.24) is 14.5 Å². The molecule has 35 heavy (non-hydrogen) atoms. The second kappa shape index (κ2) is 9.65. The number of fused-ring (bicyclic) bond motifs is 4. The largest absolute Gasteiger partial charge is 0.496 e. The number of nitrogens with zero attached hydrogens (tertiary/aromatic N) is 2. The molecule has 2 aliphatic heterocycles. The summed E-state index contributed by atoms with van der Waals surface area (Å²) in [4.78, 5) is 30.9. The van der Waals surface area contributed by atoms with E-state index >= 15 is 0 Å². The quantitative estimate of drug-likeness (QED) is 0.494. The van der Waals surface area contributed by atoms with E-state index in [4.69, 9.17) is 18.9 Å². The molecule has 0 aliphatic carbocycles. The first-order valence-corrected chi connectivity index (χ1v) is 11.9. The van der Waals surface area contributed by atoms with Gasteiger partial charge in [0.05, 0.1) is 38.8 Å². The number of hydrogen-bond acceptors (Lipinski definition) is 7. The highest BCUT2D eigenvalue weighted by Crippen LogP contribution is 2.46. The fourth-order valence-electron chi connectivity index (χ4n) is 5.42. The summed E-state index contributed by atoms with van der Waals surface area (Å²) in [6, 6.07) is 9.21. The lowest BCUT2D eigenvalue weighted by molar-refractivity contribution is 0.209. The normalized spacial score (nSPS) is 19.2. The summed E-state index contributed by atoms with van der Waals surface area (Å²) in [6.07, 6.45) is 1.61. The van der Waals surface area contributed by atoms with Gasteiger partial charge in [0.25, 0.3) is 5.56 Å². The van der Waals surface area contributed by atoms with E-state index in [1.54, 1.807) is 19.2 Å². The molecular formula is C26H31N3O6. The van der Waals surface area contributed by atoms with Crippen LogP contribution in [0.5, 0.6) is 23.0 Å². The number of rotatable bonds is 8. The maximum atomic E-state index is 13.0. The van der Waals surface area contributed by atoms with Gasteiger partial charge >= 0.3 is 5.69 Å². The molecule has 0 amide bonds. The maximum absolute atomic E-state index is 13.0. The van der Waals surface area contributed by atoms with E-state index in [1.807, 2.05) is 18.2 Å². The molecule has 186 valence electrons. The molecule has 0 radical (unpaired) electrons. The van der Waals surface area contributed by atoms with Crippen LogP contribution in [0.1, 0.15) is 24.3 Å². The molecular weight excluding hydrogens is 450 g/mol. The van der Waals surface area contributed by atoms with Crippen LogP contribution in [0.2, 0.25) is 0 Å². The van der Waals surface area contributed by atoms with Gasteiger partial charge in [-0.2, -0.15) is 0 Å². The summed E-state index contributed by atoms with van der Waals surface area (Å²) in [5.41, 5.74) is 0.877. The molecule has 1 N–H and O–H groups in total. The minimum Gasteiger partial charge on any atom is -0.496 e. The highest BCUT2D eigenvalue weighted by atomic mass is 16.5. The van der Waals surface area contributed by atoms with E-state index in [0.29, 0.717) is 40.8 Å². The van der Waals surface area contributed by atoms with Crippen molar-refractivity contribution < 1.29 is 18.9 Å². The summed E-state index contributed by atoms with van der Waals surface area (Å²) in [6.45, 7) is 3.92. The van der Waals surface area contributed by atoms with E-state index < -0.39 is 5.69 Å². The second-order valence-corrected chi connectivity index (χ2v) is 9.16. The summed E-state index contributed by atoms with van der Waals surface area (Å²) in [5, 5.41) is 0.401. The summed E-state index contributed by atoms with van der Waals surface area (Å²) in [7, 11) is 4.73. The Labute approximate surface area is 203 Å². The highest BCUT2D eigenvalue weighted by molar-refractivity contribution is 5.81. The third-order valence-electron chi connectivity index (χ3n) is 7.18. The zero-order valence-electron chi connectivity index (χ0n) is 20.3. The molecule has 0 spiro atoms. The van der Waals surface area contributed by atoms with Crippen molar-refractivity contribution in [1.29, 1.82) is 0 Å². The molecule has 3 aromatic rings. The number of methoxy groups -OCH3 is 3. The monoisotopic (exact) mass is 481 g/mol. The predicted octanol–water partition coefficient (Wildman–Crippen LogP) is 2.60. The van der Waals surface area contributed by atoms with Gasteiger partial charge in [-0.05, 0) is 37.6 Å². The number of nitrogens with one attached hydrogen (secondary N) is 1. The van der Waals surface area contributed by atoms with E-state index in [2.05, 4.69) is 9.88 Å². The van der Waals surface area contributed by atoms with Crippen molar-refractivity contribution in [3.05, 3.63) is 56.7 Å². The molecule has 1 saturated heterocycles. The number of unbranched alkanes of at least 4 members (excludes halogenated alkanes) is 1. The topological polar surface area (TPSA) is 95.0 Å². The molecule has 9 nitrogen and oxygen atoms in total. The first-order valence-electron chi connectivity index (χ1n) is 11.9. The van der Waals surface area contributed by atoms with Gasteiger partial charge in [0.1, 0.15) is 11.5 Å². The Kier molecular flexibility index (Phi) is 6.42. The summed E-state index contributed by atoms with van der Waals surface area (Å²) >= 11 is 0. The molecule has 5 rings (SSSR count). The van der Waals surface area contributed by atoms with Crippen LogP contribution in [0.15, 0.2) is 39.9 Å². The SMILES string of the molecule is COc1cc2[nH]c(=O)n(CCCCN3C[C@@H]4COc5cccc(OC)c5[C@@H]4C3)c(=O)c2cc1OC. The smallest absolute Gasteiger partial charge is 0.328 e.